The van der Waals surface area contributed by atoms with E-state index in [0.29, 0.717) is 18.4 Å². The highest BCUT2D eigenvalue weighted by Gasteiger charge is 2.29. The van der Waals surface area contributed by atoms with Crippen LogP contribution in [0.4, 0.5) is 11.6 Å². The van der Waals surface area contributed by atoms with Crippen LogP contribution in [0.15, 0.2) is 6.07 Å². The zero-order valence-electron chi connectivity index (χ0n) is 9.56. The fourth-order valence-electron chi connectivity index (χ4n) is 1.79. The molecule has 1 aromatic heterocycles. The summed E-state index contributed by atoms with van der Waals surface area (Å²) in [5, 5.41) is 9.05. The van der Waals surface area contributed by atoms with E-state index in [2.05, 4.69) is 14.9 Å². The summed E-state index contributed by atoms with van der Waals surface area (Å²) in [7, 11) is 0. The number of aliphatic hydroxyl groups excluding tert-OH is 1. The van der Waals surface area contributed by atoms with Crippen molar-refractivity contribution in [2.45, 2.75) is 32.2 Å². The van der Waals surface area contributed by atoms with Gasteiger partial charge in [0.15, 0.2) is 0 Å². The first-order valence-corrected chi connectivity index (χ1v) is 5.75. The van der Waals surface area contributed by atoms with Crippen LogP contribution in [-0.4, -0.2) is 34.3 Å². The van der Waals surface area contributed by atoms with Crippen molar-refractivity contribution in [3.05, 3.63) is 11.9 Å². The van der Waals surface area contributed by atoms with Crippen molar-refractivity contribution in [2.24, 2.45) is 0 Å². The van der Waals surface area contributed by atoms with E-state index in [1.54, 1.807) is 6.07 Å². The number of nitrogens with two attached hydrogens (primary N) is 1. The molecule has 0 atom stereocenters. The average molecular weight is 222 g/mol. The second kappa shape index (κ2) is 4.65. The molecule has 5 heteroatoms. The molecule has 0 unspecified atom stereocenters. The number of rotatable bonds is 5. The summed E-state index contributed by atoms with van der Waals surface area (Å²) in [6.45, 7) is 2.76. The summed E-state index contributed by atoms with van der Waals surface area (Å²) in [6.07, 6.45) is 3.12. The molecule has 16 heavy (non-hydrogen) atoms. The Labute approximate surface area is 95.3 Å². The van der Waals surface area contributed by atoms with Crippen molar-refractivity contribution in [3.8, 4) is 0 Å². The van der Waals surface area contributed by atoms with Gasteiger partial charge in [-0.05, 0) is 12.8 Å². The second-order valence-electron chi connectivity index (χ2n) is 4.07. The standard InChI is InChI=1S/C11H18N4O/c1-2-10-13-9(12)7-11(14-10)15(5-6-16)8-3-4-8/h7-8,16H,2-6H2,1H3,(H2,12,13,14). The Morgan fingerprint density at radius 1 is 1.50 bits per heavy atom. The number of nitrogens with zero attached hydrogens (tertiary/aromatic N) is 3. The molecule has 3 N–H and O–H groups in total. The lowest BCUT2D eigenvalue weighted by Gasteiger charge is -2.22. The highest BCUT2D eigenvalue weighted by Crippen LogP contribution is 2.30. The van der Waals surface area contributed by atoms with Crippen LogP contribution < -0.4 is 10.6 Å². The van der Waals surface area contributed by atoms with E-state index in [1.165, 1.54) is 12.8 Å². The lowest BCUT2D eigenvalue weighted by molar-refractivity contribution is 0.301. The smallest absolute Gasteiger partial charge is 0.134 e. The van der Waals surface area contributed by atoms with Crippen LogP contribution in [0, 0.1) is 0 Å². The highest BCUT2D eigenvalue weighted by molar-refractivity contribution is 5.48. The van der Waals surface area contributed by atoms with Gasteiger partial charge in [-0.2, -0.15) is 0 Å². The van der Waals surface area contributed by atoms with Crippen LogP contribution in [0.25, 0.3) is 0 Å². The number of nitrogen functional groups attached to an aromatic ring is 1. The van der Waals surface area contributed by atoms with Gasteiger partial charge in [0.1, 0.15) is 17.5 Å². The first kappa shape index (κ1) is 11.1. The monoisotopic (exact) mass is 222 g/mol. The predicted octanol–water partition coefficient (Wildman–Crippen LogP) is 0.582. The Bertz CT molecular complexity index is 365. The number of hydrogen-bond donors (Lipinski definition) is 2. The van der Waals surface area contributed by atoms with Crippen molar-refractivity contribution >= 4 is 11.6 Å². The Morgan fingerprint density at radius 2 is 2.25 bits per heavy atom. The van der Waals surface area contributed by atoms with Gasteiger partial charge in [0.25, 0.3) is 0 Å². The predicted molar refractivity (Wildman–Crippen MR) is 63.3 cm³/mol. The van der Waals surface area contributed by atoms with Gasteiger partial charge in [-0.15, -0.1) is 0 Å². The maximum absolute atomic E-state index is 9.05. The van der Waals surface area contributed by atoms with E-state index in [1.807, 2.05) is 6.92 Å². The zero-order chi connectivity index (χ0) is 11.5. The Balaban J connectivity index is 2.25. The summed E-state index contributed by atoms with van der Waals surface area (Å²) < 4.78 is 0. The number of aromatic nitrogens is 2. The normalized spacial score (nSPS) is 15.1. The van der Waals surface area contributed by atoms with Crippen LogP contribution in [0.5, 0.6) is 0 Å². The molecule has 1 saturated carbocycles. The molecule has 0 aromatic carbocycles. The molecule has 2 rings (SSSR count). The fourth-order valence-corrected chi connectivity index (χ4v) is 1.79. The summed E-state index contributed by atoms with van der Waals surface area (Å²) in [5.41, 5.74) is 5.75. The molecular weight excluding hydrogens is 204 g/mol. The van der Waals surface area contributed by atoms with Crippen LogP contribution in [0.2, 0.25) is 0 Å². The van der Waals surface area contributed by atoms with Gasteiger partial charge in [0.2, 0.25) is 0 Å². The first-order valence-electron chi connectivity index (χ1n) is 5.75. The van der Waals surface area contributed by atoms with Crippen molar-refractivity contribution in [1.82, 2.24) is 9.97 Å². The quantitative estimate of drug-likeness (QED) is 0.762. The molecule has 0 aliphatic heterocycles. The van der Waals surface area contributed by atoms with Crippen LogP contribution >= 0.6 is 0 Å². The fraction of sp³-hybridized carbons (Fsp3) is 0.636. The van der Waals surface area contributed by atoms with Crippen molar-refractivity contribution in [1.29, 1.82) is 0 Å². The topological polar surface area (TPSA) is 75.3 Å². The minimum Gasteiger partial charge on any atom is -0.395 e. The third-order valence-corrected chi connectivity index (χ3v) is 2.72. The van der Waals surface area contributed by atoms with E-state index in [9.17, 15) is 0 Å². The minimum atomic E-state index is 0.141. The molecule has 88 valence electrons. The largest absolute Gasteiger partial charge is 0.395 e. The number of hydrogen-bond acceptors (Lipinski definition) is 5. The summed E-state index contributed by atoms with van der Waals surface area (Å²) in [6, 6.07) is 2.30. The Morgan fingerprint density at radius 3 is 2.81 bits per heavy atom. The Kier molecular flexibility index (Phi) is 3.24. The molecule has 5 nitrogen and oxygen atoms in total. The molecule has 1 aliphatic carbocycles. The van der Waals surface area contributed by atoms with E-state index in [4.69, 9.17) is 10.8 Å². The molecule has 0 bridgehead atoms. The molecule has 0 radical (unpaired) electrons. The molecule has 0 saturated heterocycles. The SMILES string of the molecule is CCc1nc(N)cc(N(CCO)C2CC2)n1. The summed E-state index contributed by atoms with van der Waals surface area (Å²) >= 11 is 0. The van der Waals surface area contributed by atoms with Gasteiger partial charge >= 0.3 is 0 Å². The lowest BCUT2D eigenvalue weighted by Crippen LogP contribution is -2.30. The van der Waals surface area contributed by atoms with Gasteiger partial charge in [-0.1, -0.05) is 6.92 Å². The second-order valence-corrected chi connectivity index (χ2v) is 4.07. The molecular formula is C11H18N4O. The van der Waals surface area contributed by atoms with Crippen LogP contribution in [0.1, 0.15) is 25.6 Å². The van der Waals surface area contributed by atoms with Crippen LogP contribution in [-0.2, 0) is 6.42 Å². The third-order valence-electron chi connectivity index (χ3n) is 2.72. The molecule has 0 amide bonds. The summed E-state index contributed by atoms with van der Waals surface area (Å²) in [4.78, 5) is 10.7. The molecule has 1 fully saturated rings. The van der Waals surface area contributed by atoms with Crippen molar-refractivity contribution in [3.63, 3.8) is 0 Å². The van der Waals surface area contributed by atoms with E-state index < -0.39 is 0 Å². The maximum atomic E-state index is 9.05. The average Bonchev–Trinajstić information content (AvgIpc) is 3.08. The number of anilines is 2. The number of aryl methyl sites for hydroxylation is 1. The first-order chi connectivity index (χ1) is 7.74. The molecule has 1 aliphatic rings. The van der Waals surface area contributed by atoms with Gasteiger partial charge in [-0.25, -0.2) is 9.97 Å². The van der Waals surface area contributed by atoms with E-state index in [0.717, 1.165) is 18.1 Å². The van der Waals surface area contributed by atoms with Gasteiger partial charge < -0.3 is 15.7 Å². The highest BCUT2D eigenvalue weighted by atomic mass is 16.3. The number of aliphatic hydroxyl groups is 1. The van der Waals surface area contributed by atoms with Gasteiger partial charge in [0.05, 0.1) is 6.61 Å². The van der Waals surface area contributed by atoms with E-state index >= 15 is 0 Å². The minimum absolute atomic E-state index is 0.141. The van der Waals surface area contributed by atoms with Crippen LogP contribution in [0.3, 0.4) is 0 Å². The lowest BCUT2D eigenvalue weighted by atomic mass is 10.3. The van der Waals surface area contributed by atoms with Crippen molar-refractivity contribution in [2.75, 3.05) is 23.8 Å². The molecule has 1 heterocycles. The Hall–Kier alpha value is -1.36. The summed E-state index contributed by atoms with van der Waals surface area (Å²) in [5.74, 6) is 2.12. The molecule has 0 spiro atoms. The van der Waals surface area contributed by atoms with Gasteiger partial charge in [-0.3, -0.25) is 0 Å². The van der Waals surface area contributed by atoms with Crippen molar-refractivity contribution < 1.29 is 5.11 Å². The maximum Gasteiger partial charge on any atom is 0.134 e. The van der Waals surface area contributed by atoms with Gasteiger partial charge in [0, 0.05) is 25.1 Å². The molecule has 1 aromatic rings. The zero-order valence-corrected chi connectivity index (χ0v) is 9.56. The third kappa shape index (κ3) is 2.41. The van der Waals surface area contributed by atoms with E-state index in [-0.39, 0.29) is 6.61 Å².